The predicted molar refractivity (Wildman–Crippen MR) is 83.8 cm³/mol. The molecule has 0 spiro atoms. The van der Waals surface area contributed by atoms with Gasteiger partial charge in [-0.05, 0) is 6.07 Å². The van der Waals surface area contributed by atoms with Crippen molar-refractivity contribution in [2.45, 2.75) is 0 Å². The Morgan fingerprint density at radius 1 is 0.632 bits per heavy atom. The van der Waals surface area contributed by atoms with Gasteiger partial charge in [-0.15, -0.1) is 0 Å². The maximum Gasteiger partial charge on any atom is 0.155 e. The van der Waals surface area contributed by atoms with Crippen LogP contribution in [0.25, 0.3) is 21.9 Å². The molecule has 1 aromatic heterocycles. The van der Waals surface area contributed by atoms with Gasteiger partial charge in [0.25, 0.3) is 0 Å². The topological polar surface area (TPSA) is 13.1 Å². The molecule has 3 rings (SSSR count). The van der Waals surface area contributed by atoms with Gasteiger partial charge < -0.3 is 4.42 Å². The van der Waals surface area contributed by atoms with Crippen molar-refractivity contribution in [1.82, 2.24) is 0 Å². The first-order valence-electron chi connectivity index (χ1n) is 4.95. The molecule has 98 valence electrons. The standard InChI is InChI=1S/C12H2Cl6O/c13-3-1-5(15)12-8(9(3)16)7-6(19-12)2-4(14)10(17)11(7)18/h1-2H. The maximum absolute atomic E-state index is 6.21. The number of hydrogen-bond acceptors (Lipinski definition) is 1. The van der Waals surface area contributed by atoms with Crippen molar-refractivity contribution in [3.63, 3.8) is 0 Å². The largest absolute Gasteiger partial charge is 0.454 e. The van der Waals surface area contributed by atoms with E-state index in [4.69, 9.17) is 74.0 Å². The van der Waals surface area contributed by atoms with E-state index in [1.165, 1.54) is 6.07 Å². The van der Waals surface area contributed by atoms with Crippen LogP contribution in [0.4, 0.5) is 0 Å². The molecule has 0 fully saturated rings. The van der Waals surface area contributed by atoms with E-state index in [-0.39, 0.29) is 15.1 Å². The second-order valence-electron chi connectivity index (χ2n) is 3.82. The molecule has 0 atom stereocenters. The van der Waals surface area contributed by atoms with Gasteiger partial charge in [-0.25, -0.2) is 0 Å². The Morgan fingerprint density at radius 3 is 1.95 bits per heavy atom. The van der Waals surface area contributed by atoms with Gasteiger partial charge in [0, 0.05) is 6.07 Å². The van der Waals surface area contributed by atoms with Crippen LogP contribution in [0.5, 0.6) is 0 Å². The fourth-order valence-electron chi connectivity index (χ4n) is 1.90. The SMILES string of the molecule is Clc1cc2oc3c(Cl)cc(Cl)c(Cl)c3c2c(Cl)c1Cl. The van der Waals surface area contributed by atoms with Crippen LogP contribution in [-0.4, -0.2) is 0 Å². The Bertz CT molecular complexity index is 836. The van der Waals surface area contributed by atoms with Gasteiger partial charge in [0.15, 0.2) is 5.58 Å². The van der Waals surface area contributed by atoms with Crippen LogP contribution in [0, 0.1) is 0 Å². The van der Waals surface area contributed by atoms with Crippen molar-refractivity contribution < 1.29 is 4.42 Å². The highest BCUT2D eigenvalue weighted by molar-refractivity contribution is 6.54. The lowest BCUT2D eigenvalue weighted by molar-refractivity contribution is 0.669. The zero-order chi connectivity index (χ0) is 13.9. The van der Waals surface area contributed by atoms with Gasteiger partial charge in [0.2, 0.25) is 0 Å². The lowest BCUT2D eigenvalue weighted by Gasteiger charge is -2.02. The van der Waals surface area contributed by atoms with E-state index >= 15 is 0 Å². The first-order valence-corrected chi connectivity index (χ1v) is 7.21. The summed E-state index contributed by atoms with van der Waals surface area (Å²) in [6.07, 6.45) is 0. The van der Waals surface area contributed by atoms with E-state index in [0.29, 0.717) is 37.0 Å². The average molecular weight is 375 g/mol. The molecule has 0 N–H and O–H groups in total. The lowest BCUT2D eigenvalue weighted by Crippen LogP contribution is -1.77. The second-order valence-corrected chi connectivity index (χ2v) is 6.18. The van der Waals surface area contributed by atoms with Gasteiger partial charge in [-0.3, -0.25) is 0 Å². The summed E-state index contributed by atoms with van der Waals surface area (Å²) in [4.78, 5) is 0. The number of benzene rings is 2. The second kappa shape index (κ2) is 4.77. The van der Waals surface area contributed by atoms with E-state index in [2.05, 4.69) is 0 Å². The molecule has 0 saturated heterocycles. The molecule has 0 aliphatic carbocycles. The predicted octanol–water partition coefficient (Wildman–Crippen LogP) is 7.51. The molecule has 0 bridgehead atoms. The van der Waals surface area contributed by atoms with Crippen LogP contribution in [0.2, 0.25) is 30.1 Å². The zero-order valence-corrected chi connectivity index (χ0v) is 13.4. The minimum Gasteiger partial charge on any atom is -0.454 e. The summed E-state index contributed by atoms with van der Waals surface area (Å²) in [5, 5.41) is 2.79. The van der Waals surface area contributed by atoms with Crippen LogP contribution in [0.1, 0.15) is 0 Å². The summed E-state index contributed by atoms with van der Waals surface area (Å²) >= 11 is 36.5. The fraction of sp³-hybridized carbons (Fsp3) is 0. The highest BCUT2D eigenvalue weighted by Crippen LogP contribution is 2.47. The van der Waals surface area contributed by atoms with Gasteiger partial charge >= 0.3 is 0 Å². The molecule has 19 heavy (non-hydrogen) atoms. The molecule has 0 aliphatic heterocycles. The van der Waals surface area contributed by atoms with Crippen LogP contribution in [-0.2, 0) is 0 Å². The van der Waals surface area contributed by atoms with E-state index in [9.17, 15) is 0 Å². The summed E-state index contributed by atoms with van der Waals surface area (Å²) in [5.41, 5.74) is 0.840. The normalized spacial score (nSPS) is 11.7. The first-order chi connectivity index (χ1) is 8.91. The minimum atomic E-state index is 0.227. The molecular weight excluding hydrogens is 373 g/mol. The van der Waals surface area contributed by atoms with Crippen molar-refractivity contribution in [3.05, 3.63) is 42.3 Å². The summed E-state index contributed by atoms with van der Waals surface area (Å²) in [6.45, 7) is 0. The zero-order valence-electron chi connectivity index (χ0n) is 8.83. The molecule has 0 aliphatic rings. The molecule has 0 unspecified atom stereocenters. The van der Waals surface area contributed by atoms with Crippen molar-refractivity contribution in [1.29, 1.82) is 0 Å². The summed E-state index contributed by atoms with van der Waals surface area (Å²) in [7, 11) is 0. The molecular formula is C12H2Cl6O. The van der Waals surface area contributed by atoms with Crippen molar-refractivity contribution in [2.24, 2.45) is 0 Å². The van der Waals surface area contributed by atoms with Crippen molar-refractivity contribution >= 4 is 91.5 Å². The monoisotopic (exact) mass is 372 g/mol. The quantitative estimate of drug-likeness (QED) is 0.293. The smallest absolute Gasteiger partial charge is 0.155 e. The Hall–Kier alpha value is -0.0200. The molecule has 7 heteroatoms. The molecule has 1 nitrogen and oxygen atoms in total. The molecule has 0 saturated carbocycles. The Labute approximate surface area is 137 Å². The third kappa shape index (κ3) is 1.99. The van der Waals surface area contributed by atoms with Gasteiger partial charge in [-0.1, -0.05) is 69.6 Å². The number of furan rings is 1. The van der Waals surface area contributed by atoms with Crippen LogP contribution >= 0.6 is 69.6 Å². The number of hydrogen-bond donors (Lipinski definition) is 0. The lowest BCUT2D eigenvalue weighted by atomic mass is 10.1. The third-order valence-corrected chi connectivity index (χ3v) is 5.04. The van der Waals surface area contributed by atoms with Gasteiger partial charge in [-0.2, -0.15) is 0 Å². The van der Waals surface area contributed by atoms with Gasteiger partial charge in [0.05, 0.1) is 40.9 Å². The van der Waals surface area contributed by atoms with Crippen molar-refractivity contribution in [3.8, 4) is 0 Å². The number of rotatable bonds is 0. The minimum absolute atomic E-state index is 0.227. The molecule has 3 aromatic rings. The maximum atomic E-state index is 6.21. The van der Waals surface area contributed by atoms with Crippen LogP contribution in [0.15, 0.2) is 16.5 Å². The van der Waals surface area contributed by atoms with Crippen LogP contribution < -0.4 is 0 Å². The molecule has 1 heterocycles. The molecule has 2 aromatic carbocycles. The Morgan fingerprint density at radius 2 is 1.26 bits per heavy atom. The van der Waals surface area contributed by atoms with E-state index in [1.54, 1.807) is 6.07 Å². The summed E-state index contributed by atoms with van der Waals surface area (Å²) in [5.74, 6) is 0. The molecule has 0 radical (unpaired) electrons. The van der Waals surface area contributed by atoms with E-state index in [0.717, 1.165) is 0 Å². The highest BCUT2D eigenvalue weighted by Gasteiger charge is 2.21. The van der Waals surface area contributed by atoms with Crippen molar-refractivity contribution in [2.75, 3.05) is 0 Å². The summed E-state index contributed by atoms with van der Waals surface area (Å²) in [6, 6.07) is 3.07. The summed E-state index contributed by atoms with van der Waals surface area (Å²) < 4.78 is 5.63. The van der Waals surface area contributed by atoms with Crippen LogP contribution in [0.3, 0.4) is 0 Å². The van der Waals surface area contributed by atoms with E-state index in [1.807, 2.05) is 0 Å². The average Bonchev–Trinajstić information content (AvgIpc) is 2.73. The highest BCUT2D eigenvalue weighted by atomic mass is 35.5. The molecule has 0 amide bonds. The van der Waals surface area contributed by atoms with E-state index < -0.39 is 0 Å². The number of halogens is 6. The fourth-order valence-corrected chi connectivity index (χ4v) is 3.32. The number of fused-ring (bicyclic) bond motifs is 3. The van der Waals surface area contributed by atoms with Gasteiger partial charge in [0.1, 0.15) is 5.58 Å². The third-order valence-electron chi connectivity index (χ3n) is 2.71. The Kier molecular flexibility index (Phi) is 3.50. The Balaban J connectivity index is 2.67. The first kappa shape index (κ1) is 13.9.